The average Bonchev–Trinajstić information content (AvgIpc) is 3.66. The molecule has 3 heterocycles. The Kier molecular flexibility index (Phi) is 6.21. The van der Waals surface area contributed by atoms with E-state index < -0.39 is 20.9 Å². The van der Waals surface area contributed by atoms with E-state index in [0.29, 0.717) is 42.9 Å². The number of anilines is 2. The van der Waals surface area contributed by atoms with Crippen LogP contribution in [0.1, 0.15) is 63.4 Å². The predicted molar refractivity (Wildman–Crippen MR) is 133 cm³/mol. The van der Waals surface area contributed by atoms with E-state index in [1.807, 2.05) is 4.90 Å². The summed E-state index contributed by atoms with van der Waals surface area (Å²) in [4.78, 5) is 23.2. The van der Waals surface area contributed by atoms with E-state index >= 15 is 0 Å². The van der Waals surface area contributed by atoms with Gasteiger partial charge >= 0.3 is 6.09 Å². The largest absolute Gasteiger partial charge is 0.474 e. The Morgan fingerprint density at radius 2 is 1.78 bits per heavy atom. The second-order valence-electron chi connectivity index (χ2n) is 10.6. The maximum Gasteiger partial charge on any atom is 0.410 e. The number of fused-ring (bicyclic) bond motifs is 2. The normalized spacial score (nSPS) is 25.5. The summed E-state index contributed by atoms with van der Waals surface area (Å²) in [5.41, 5.74) is 0.745. The molecule has 2 saturated carbocycles. The number of hydrogen-bond donors (Lipinski definition) is 1. The summed E-state index contributed by atoms with van der Waals surface area (Å²) >= 11 is 0. The minimum Gasteiger partial charge on any atom is -0.474 e. The molecule has 0 radical (unpaired) electrons. The number of piperidine rings is 1. The lowest BCUT2D eigenvalue weighted by atomic mass is 9.96. The van der Waals surface area contributed by atoms with Gasteiger partial charge in [-0.15, -0.1) is 0 Å². The second-order valence-corrected chi connectivity index (χ2v) is 12.8. The first-order chi connectivity index (χ1) is 17.8. The predicted octanol–water partition coefficient (Wildman–Crippen LogP) is 4.67. The van der Waals surface area contributed by atoms with Gasteiger partial charge in [-0.1, -0.05) is 0 Å². The molecule has 37 heavy (non-hydrogen) atoms. The molecule has 198 valence electrons. The molecule has 2 atom stereocenters. The van der Waals surface area contributed by atoms with Crippen molar-refractivity contribution >= 4 is 27.4 Å². The van der Waals surface area contributed by atoms with Gasteiger partial charge in [-0.05, 0) is 70.1 Å². The van der Waals surface area contributed by atoms with Gasteiger partial charge in [-0.25, -0.2) is 27.6 Å². The number of aromatic nitrogens is 2. The fourth-order valence-corrected chi connectivity index (χ4v) is 7.19. The molecule has 1 aromatic heterocycles. The van der Waals surface area contributed by atoms with Gasteiger partial charge in [-0.2, -0.15) is 0 Å². The molecule has 2 unspecified atom stereocenters. The summed E-state index contributed by atoms with van der Waals surface area (Å²) in [5.74, 6) is 0.117. The monoisotopic (exact) mass is 530 g/mol. The Hall–Kier alpha value is -2.95. The maximum absolute atomic E-state index is 14.8. The smallest absolute Gasteiger partial charge is 0.410 e. The molecule has 0 spiro atoms. The number of benzene rings is 1. The number of carbonyl (C=O) groups is 1. The zero-order valence-corrected chi connectivity index (χ0v) is 21.5. The highest BCUT2D eigenvalue weighted by Crippen LogP contribution is 2.39. The Morgan fingerprint density at radius 3 is 2.41 bits per heavy atom. The van der Waals surface area contributed by atoms with E-state index in [1.54, 1.807) is 6.92 Å². The lowest BCUT2D eigenvalue weighted by Gasteiger charge is -2.39. The molecule has 2 aliphatic carbocycles. The highest BCUT2D eigenvalue weighted by molar-refractivity contribution is 7.92. The minimum absolute atomic E-state index is 0.000905. The topological polar surface area (TPSA) is 111 Å². The Bertz CT molecular complexity index is 1300. The van der Waals surface area contributed by atoms with Gasteiger partial charge in [0.25, 0.3) is 0 Å². The van der Waals surface area contributed by atoms with Crippen molar-refractivity contribution < 1.29 is 27.1 Å². The molecule has 4 aliphatic rings. The van der Waals surface area contributed by atoms with Crippen LogP contribution in [-0.4, -0.2) is 58.9 Å². The number of amides is 1. The van der Waals surface area contributed by atoms with Gasteiger partial charge in [0.15, 0.2) is 9.84 Å². The van der Waals surface area contributed by atoms with Crippen molar-refractivity contribution in [2.45, 2.75) is 99.1 Å². The number of nitrogens with one attached hydrogen (secondary N) is 1. The van der Waals surface area contributed by atoms with Crippen molar-refractivity contribution in [1.82, 2.24) is 14.9 Å². The van der Waals surface area contributed by atoms with E-state index in [4.69, 9.17) is 9.47 Å². The summed E-state index contributed by atoms with van der Waals surface area (Å²) in [5, 5.41) is 2.55. The first-order valence-electron chi connectivity index (χ1n) is 13.1. The molecule has 11 heteroatoms. The molecule has 2 bridgehead atoms. The van der Waals surface area contributed by atoms with Crippen LogP contribution in [-0.2, 0) is 14.6 Å². The van der Waals surface area contributed by atoms with Crippen LogP contribution in [0.2, 0.25) is 0 Å². The minimum atomic E-state index is -3.47. The quantitative estimate of drug-likeness (QED) is 0.550. The maximum atomic E-state index is 14.8. The SMILES string of the molecule is Cc1c(Nc2ccc(S(=O)(=O)C3CC3)cc2F)ncnc1OC1CC2CCC(C1)N2C(=O)OC1CCC1. The lowest BCUT2D eigenvalue weighted by molar-refractivity contribution is -0.00513. The molecule has 1 aromatic carbocycles. The first kappa shape index (κ1) is 24.4. The Labute approximate surface area is 215 Å². The van der Waals surface area contributed by atoms with Gasteiger partial charge in [0.2, 0.25) is 5.88 Å². The molecule has 1 amide bonds. The average molecular weight is 531 g/mol. The molecule has 2 saturated heterocycles. The number of nitrogens with zero attached hydrogens (tertiary/aromatic N) is 3. The molecule has 9 nitrogen and oxygen atoms in total. The summed E-state index contributed by atoms with van der Waals surface area (Å²) in [7, 11) is -3.47. The standard InChI is InChI=1S/C26H31FN4O5S/c1-15-24(30-23-10-9-21(13-22(23)27)37(33,34)20-7-8-20)28-14-29-25(15)35-19-11-16-5-6-17(12-19)31(16)26(32)36-18-3-2-4-18/h9-10,13-14,16-20H,2-8,11-12H2,1H3,(H,28,29,30). The van der Waals surface area contributed by atoms with Gasteiger partial charge < -0.3 is 19.7 Å². The van der Waals surface area contributed by atoms with E-state index in [9.17, 15) is 17.6 Å². The van der Waals surface area contributed by atoms with Crippen molar-refractivity contribution in [2.75, 3.05) is 5.32 Å². The number of rotatable bonds is 7. The van der Waals surface area contributed by atoms with Crippen LogP contribution in [0, 0.1) is 12.7 Å². The molecular weight excluding hydrogens is 499 g/mol. The first-order valence-corrected chi connectivity index (χ1v) is 14.6. The highest BCUT2D eigenvalue weighted by Gasteiger charge is 2.46. The van der Waals surface area contributed by atoms with E-state index in [0.717, 1.165) is 38.2 Å². The van der Waals surface area contributed by atoms with Crippen molar-refractivity contribution in [3.8, 4) is 5.88 Å². The van der Waals surface area contributed by atoms with Crippen LogP contribution in [0.15, 0.2) is 29.4 Å². The van der Waals surface area contributed by atoms with E-state index in [-0.39, 0.29) is 41.0 Å². The molecule has 2 aromatic rings. The fourth-order valence-electron chi connectivity index (χ4n) is 5.52. The van der Waals surface area contributed by atoms with E-state index in [2.05, 4.69) is 15.3 Å². The molecule has 6 rings (SSSR count). The number of sulfone groups is 1. The van der Waals surface area contributed by atoms with Gasteiger partial charge in [0, 0.05) is 24.9 Å². The zero-order chi connectivity index (χ0) is 25.7. The van der Waals surface area contributed by atoms with Crippen LogP contribution in [0.4, 0.5) is 20.7 Å². The summed E-state index contributed by atoms with van der Waals surface area (Å²) in [6, 6.07) is 4.09. The van der Waals surface area contributed by atoms with Crippen LogP contribution in [0.5, 0.6) is 5.88 Å². The highest BCUT2D eigenvalue weighted by atomic mass is 32.2. The van der Waals surface area contributed by atoms with Crippen LogP contribution in [0.25, 0.3) is 0 Å². The van der Waals surface area contributed by atoms with Crippen LogP contribution < -0.4 is 10.1 Å². The van der Waals surface area contributed by atoms with Gasteiger partial charge in [0.05, 0.1) is 21.4 Å². The van der Waals surface area contributed by atoms with E-state index in [1.165, 1.54) is 18.5 Å². The Morgan fingerprint density at radius 1 is 1.05 bits per heavy atom. The summed E-state index contributed by atoms with van der Waals surface area (Å²) < 4.78 is 51.6. The zero-order valence-electron chi connectivity index (χ0n) is 20.7. The summed E-state index contributed by atoms with van der Waals surface area (Å²) in [6.07, 6.45) is 8.68. The van der Waals surface area contributed by atoms with Crippen molar-refractivity contribution in [2.24, 2.45) is 0 Å². The third kappa shape index (κ3) is 4.73. The fraction of sp³-hybridized carbons (Fsp3) is 0.577. The molecule has 4 fully saturated rings. The number of carbonyl (C=O) groups excluding carboxylic acids is 1. The van der Waals surface area contributed by atoms with Crippen molar-refractivity contribution in [1.29, 1.82) is 0 Å². The lowest BCUT2D eigenvalue weighted by Crippen LogP contribution is -2.50. The van der Waals surface area contributed by atoms with Crippen molar-refractivity contribution in [3.05, 3.63) is 35.9 Å². The molecular formula is C26H31FN4O5S. The Balaban J connectivity index is 1.12. The van der Waals surface area contributed by atoms with Crippen LogP contribution in [0.3, 0.4) is 0 Å². The number of hydrogen-bond acceptors (Lipinski definition) is 8. The third-order valence-corrected chi connectivity index (χ3v) is 10.3. The van der Waals surface area contributed by atoms with Crippen LogP contribution >= 0.6 is 0 Å². The third-order valence-electron chi connectivity index (χ3n) is 8.02. The number of halogens is 1. The molecule has 2 aliphatic heterocycles. The van der Waals surface area contributed by atoms with Gasteiger partial charge in [0.1, 0.15) is 30.2 Å². The molecule has 1 N–H and O–H groups in total. The number of ether oxygens (including phenoxy) is 2. The summed E-state index contributed by atoms with van der Waals surface area (Å²) in [6.45, 7) is 1.79. The van der Waals surface area contributed by atoms with Gasteiger partial charge in [-0.3, -0.25) is 0 Å². The second kappa shape index (κ2) is 9.41. The van der Waals surface area contributed by atoms with Crippen molar-refractivity contribution in [3.63, 3.8) is 0 Å².